The Kier molecular flexibility index (Phi) is 4.79. The third-order valence-corrected chi connectivity index (χ3v) is 6.93. The van der Waals surface area contributed by atoms with Crippen LogP contribution in [0.5, 0.6) is 0 Å². The van der Waals surface area contributed by atoms with Gasteiger partial charge in [0.2, 0.25) is 5.91 Å². The Morgan fingerprint density at radius 2 is 1.90 bits per heavy atom. The molecule has 0 unspecified atom stereocenters. The molecule has 0 saturated carbocycles. The summed E-state index contributed by atoms with van der Waals surface area (Å²) >= 11 is 6.12. The molecule has 2 amide bonds. The van der Waals surface area contributed by atoms with Gasteiger partial charge in [0.15, 0.2) is 5.54 Å². The number of nitrogens with one attached hydrogen (secondary N) is 1. The van der Waals surface area contributed by atoms with Gasteiger partial charge in [0.05, 0.1) is 12.2 Å². The highest BCUT2D eigenvalue weighted by Gasteiger charge is 2.56. The number of carbonyl (C=O) groups is 2. The number of piperazine rings is 1. The zero-order valence-electron chi connectivity index (χ0n) is 17.3. The van der Waals surface area contributed by atoms with Gasteiger partial charge in [0.1, 0.15) is 0 Å². The molecule has 2 N–H and O–H groups in total. The maximum atomic E-state index is 13.7. The number of halogens is 1. The molecule has 160 valence electrons. The maximum absolute atomic E-state index is 13.7. The number of aromatic nitrogens is 1. The number of aromatic amines is 1. The van der Waals surface area contributed by atoms with Crippen molar-refractivity contribution < 1.29 is 14.7 Å². The number of carbonyl (C=O) groups excluding carboxylic acids is 2. The lowest BCUT2D eigenvalue weighted by Gasteiger charge is -2.51. The van der Waals surface area contributed by atoms with Crippen LogP contribution in [0.4, 0.5) is 0 Å². The van der Waals surface area contributed by atoms with E-state index in [0.717, 1.165) is 27.7 Å². The molecule has 1 fully saturated rings. The van der Waals surface area contributed by atoms with Crippen LogP contribution in [0.2, 0.25) is 5.02 Å². The molecule has 2 aromatic carbocycles. The fourth-order valence-electron chi connectivity index (χ4n) is 5.11. The molecule has 2 atom stereocenters. The van der Waals surface area contributed by atoms with Gasteiger partial charge < -0.3 is 19.9 Å². The molecular weight excluding hydrogens is 414 g/mol. The number of hydrogen-bond acceptors (Lipinski definition) is 3. The zero-order valence-corrected chi connectivity index (χ0v) is 18.0. The fraction of sp³-hybridized carbons (Fsp3) is 0.333. The second-order valence-electron chi connectivity index (χ2n) is 8.44. The lowest BCUT2D eigenvalue weighted by atomic mass is 9.76. The number of amides is 2. The summed E-state index contributed by atoms with van der Waals surface area (Å²) in [5, 5.41) is 11.0. The van der Waals surface area contributed by atoms with Gasteiger partial charge in [-0.2, -0.15) is 0 Å². The first-order chi connectivity index (χ1) is 14.9. The molecule has 2 aliphatic heterocycles. The third-order valence-electron chi connectivity index (χ3n) is 6.68. The number of H-pyrrole nitrogens is 1. The lowest BCUT2D eigenvalue weighted by molar-refractivity contribution is -0.166. The monoisotopic (exact) mass is 437 g/mol. The highest BCUT2D eigenvalue weighted by molar-refractivity contribution is 6.30. The van der Waals surface area contributed by atoms with Crippen molar-refractivity contribution in [2.75, 3.05) is 26.2 Å². The Morgan fingerprint density at radius 1 is 1.16 bits per heavy atom. The zero-order chi connectivity index (χ0) is 21.8. The molecule has 0 bridgehead atoms. The summed E-state index contributed by atoms with van der Waals surface area (Å²) in [7, 11) is 0. The van der Waals surface area contributed by atoms with Crippen LogP contribution >= 0.6 is 11.6 Å². The number of hydrogen-bond donors (Lipinski definition) is 2. The first kappa shape index (κ1) is 20.1. The fourth-order valence-corrected chi connectivity index (χ4v) is 5.24. The number of aliphatic hydroxyl groups excluding tert-OH is 1. The van der Waals surface area contributed by atoms with E-state index in [9.17, 15) is 14.7 Å². The van der Waals surface area contributed by atoms with E-state index in [0.29, 0.717) is 24.5 Å². The van der Waals surface area contributed by atoms with Crippen LogP contribution in [-0.4, -0.2) is 57.9 Å². The van der Waals surface area contributed by atoms with Crippen LogP contribution in [0.3, 0.4) is 0 Å². The topological polar surface area (TPSA) is 76.6 Å². The molecule has 6 nitrogen and oxygen atoms in total. The second-order valence-corrected chi connectivity index (χ2v) is 8.88. The minimum absolute atomic E-state index is 0.0192. The number of benzene rings is 2. The third kappa shape index (κ3) is 2.97. The van der Waals surface area contributed by atoms with Crippen LogP contribution in [0.1, 0.15) is 36.1 Å². The van der Waals surface area contributed by atoms with E-state index in [-0.39, 0.29) is 30.9 Å². The van der Waals surface area contributed by atoms with Gasteiger partial charge >= 0.3 is 0 Å². The Morgan fingerprint density at radius 3 is 2.65 bits per heavy atom. The van der Waals surface area contributed by atoms with Gasteiger partial charge in [-0.15, -0.1) is 0 Å². The van der Waals surface area contributed by atoms with Crippen LogP contribution in [0, 0.1) is 0 Å². The van der Waals surface area contributed by atoms with Crippen molar-refractivity contribution in [1.82, 2.24) is 14.8 Å². The summed E-state index contributed by atoms with van der Waals surface area (Å²) < 4.78 is 0. The van der Waals surface area contributed by atoms with Gasteiger partial charge in [-0.1, -0.05) is 41.9 Å². The van der Waals surface area contributed by atoms with Crippen LogP contribution in [0.15, 0.2) is 48.5 Å². The molecule has 5 rings (SSSR count). The maximum Gasteiger partial charge on any atom is 0.254 e. The first-order valence-corrected chi connectivity index (χ1v) is 10.9. The summed E-state index contributed by atoms with van der Waals surface area (Å²) in [6, 6.07) is 15.7. The van der Waals surface area contributed by atoms with E-state index in [2.05, 4.69) is 11.1 Å². The normalized spacial score (nSPS) is 23.3. The minimum Gasteiger partial charge on any atom is -0.396 e. The summed E-state index contributed by atoms with van der Waals surface area (Å²) in [6.07, 6.45) is 0.446. The standard InChI is InChI=1S/C24H24ClN3O3/c1-24-22-21(17-5-2-3-6-19(17)26-22)18(15-7-9-16(25)10-8-15)13-28(24)20(30)14-27(23(24)31)11-4-12-29/h2-3,5-10,18,26,29H,4,11-14H2,1H3/t18-,24+/m1/s1. The van der Waals surface area contributed by atoms with Gasteiger partial charge in [0, 0.05) is 41.5 Å². The van der Waals surface area contributed by atoms with Crippen molar-refractivity contribution in [3.63, 3.8) is 0 Å². The number of nitrogens with zero attached hydrogens (tertiary/aromatic N) is 2. The average molecular weight is 438 g/mol. The SMILES string of the molecule is C[C@]12C(=O)N(CCCO)CC(=O)N1C[C@H](c1ccc(Cl)cc1)c1c2[nH]c2ccccc12. The largest absolute Gasteiger partial charge is 0.396 e. The molecule has 3 heterocycles. The second kappa shape index (κ2) is 7.39. The molecule has 0 spiro atoms. The molecule has 7 heteroatoms. The number of fused-ring (bicyclic) bond motifs is 5. The summed E-state index contributed by atoms with van der Waals surface area (Å²) in [6.45, 7) is 2.64. The predicted molar refractivity (Wildman–Crippen MR) is 119 cm³/mol. The molecule has 2 aliphatic rings. The Labute approximate surface area is 185 Å². The average Bonchev–Trinajstić information content (AvgIpc) is 3.17. The Bertz CT molecular complexity index is 1170. The number of aliphatic hydroxyl groups is 1. The molecule has 31 heavy (non-hydrogen) atoms. The molecule has 0 radical (unpaired) electrons. The van der Waals surface area contributed by atoms with Gasteiger partial charge in [-0.3, -0.25) is 9.59 Å². The van der Waals surface area contributed by atoms with Gasteiger partial charge in [0.25, 0.3) is 5.91 Å². The van der Waals surface area contributed by atoms with E-state index in [1.54, 1.807) is 9.80 Å². The highest BCUT2D eigenvalue weighted by atomic mass is 35.5. The van der Waals surface area contributed by atoms with Crippen molar-refractivity contribution in [2.24, 2.45) is 0 Å². The van der Waals surface area contributed by atoms with Crippen LogP contribution < -0.4 is 0 Å². The van der Waals surface area contributed by atoms with Crippen LogP contribution in [-0.2, 0) is 15.1 Å². The molecule has 1 saturated heterocycles. The molecule has 3 aromatic rings. The Balaban J connectivity index is 1.72. The summed E-state index contributed by atoms with van der Waals surface area (Å²) in [4.78, 5) is 33.7. The van der Waals surface area contributed by atoms with E-state index in [4.69, 9.17) is 11.6 Å². The smallest absolute Gasteiger partial charge is 0.254 e. The molecular formula is C24H24ClN3O3. The van der Waals surface area contributed by atoms with Crippen molar-refractivity contribution in [3.8, 4) is 0 Å². The van der Waals surface area contributed by atoms with E-state index in [1.165, 1.54) is 0 Å². The van der Waals surface area contributed by atoms with Crippen LogP contribution in [0.25, 0.3) is 10.9 Å². The van der Waals surface area contributed by atoms with Crippen molar-refractivity contribution in [3.05, 3.63) is 70.4 Å². The lowest BCUT2D eigenvalue weighted by Crippen LogP contribution is -2.67. The van der Waals surface area contributed by atoms with E-state index < -0.39 is 5.54 Å². The summed E-state index contributed by atoms with van der Waals surface area (Å²) in [5.74, 6) is -0.261. The van der Waals surface area contributed by atoms with Crippen molar-refractivity contribution >= 4 is 34.3 Å². The number of rotatable bonds is 4. The molecule has 0 aliphatic carbocycles. The summed E-state index contributed by atoms with van der Waals surface area (Å²) in [5.41, 5.74) is 2.72. The number of para-hydroxylation sites is 1. The van der Waals surface area contributed by atoms with Crippen molar-refractivity contribution in [1.29, 1.82) is 0 Å². The highest BCUT2D eigenvalue weighted by Crippen LogP contribution is 2.48. The predicted octanol–water partition coefficient (Wildman–Crippen LogP) is 3.24. The Hall–Kier alpha value is -2.83. The van der Waals surface area contributed by atoms with Gasteiger partial charge in [-0.25, -0.2) is 0 Å². The first-order valence-electron chi connectivity index (χ1n) is 10.5. The minimum atomic E-state index is -1.11. The van der Waals surface area contributed by atoms with E-state index >= 15 is 0 Å². The van der Waals surface area contributed by atoms with Crippen molar-refractivity contribution in [2.45, 2.75) is 24.8 Å². The molecule has 1 aromatic heterocycles. The quantitative estimate of drug-likeness (QED) is 0.657. The van der Waals surface area contributed by atoms with Gasteiger partial charge in [-0.05, 0) is 42.7 Å². The van der Waals surface area contributed by atoms with E-state index in [1.807, 2.05) is 49.4 Å².